The predicted molar refractivity (Wildman–Crippen MR) is 47.7 cm³/mol. The van der Waals surface area contributed by atoms with Crippen molar-refractivity contribution in [2.24, 2.45) is 0 Å². The van der Waals surface area contributed by atoms with Crippen molar-refractivity contribution in [3.05, 3.63) is 35.0 Å². The van der Waals surface area contributed by atoms with E-state index in [1.807, 2.05) is 11.4 Å². The first kappa shape index (κ1) is 7.71. The average molecular weight is 182 g/mol. The fourth-order valence-electron chi connectivity index (χ4n) is 1.19. The first-order chi connectivity index (χ1) is 5.81. The van der Waals surface area contributed by atoms with Crippen LogP contribution in [0.3, 0.4) is 0 Å². The van der Waals surface area contributed by atoms with Gasteiger partial charge in [-0.1, -0.05) is 0 Å². The molecule has 0 saturated carbocycles. The van der Waals surface area contributed by atoms with Gasteiger partial charge in [0.15, 0.2) is 0 Å². The Bertz CT molecular complexity index is 408. The molecule has 0 atom stereocenters. The summed E-state index contributed by atoms with van der Waals surface area (Å²) in [5.41, 5.74) is 0.624. The molecule has 3 heteroatoms. The third-order valence-electron chi connectivity index (χ3n) is 1.75. The van der Waals surface area contributed by atoms with Gasteiger partial charge in [0.25, 0.3) is 0 Å². The maximum atomic E-state index is 13.2. The number of fused-ring (bicyclic) bond motifs is 1. The van der Waals surface area contributed by atoms with E-state index < -0.39 is 0 Å². The lowest BCUT2D eigenvalue weighted by atomic mass is 10.2. The Labute approximate surface area is 73.1 Å². The lowest BCUT2D eigenvalue weighted by molar-refractivity contribution is 0.281. The third kappa shape index (κ3) is 1.11. The van der Waals surface area contributed by atoms with E-state index in [2.05, 4.69) is 0 Å². The van der Waals surface area contributed by atoms with E-state index in [0.717, 1.165) is 5.39 Å². The standard InChI is InChI=1S/C9H7FOS/c10-8-4-6(5-11)3-7-1-2-12-9(7)8/h1-4,11H,5H2. The molecule has 1 aromatic carbocycles. The summed E-state index contributed by atoms with van der Waals surface area (Å²) in [6.45, 7) is -0.108. The molecule has 1 nitrogen and oxygen atoms in total. The van der Waals surface area contributed by atoms with Crippen LogP contribution in [0.25, 0.3) is 10.1 Å². The minimum absolute atomic E-state index is 0.108. The van der Waals surface area contributed by atoms with E-state index >= 15 is 0 Å². The van der Waals surface area contributed by atoms with Crippen LogP contribution in [0.1, 0.15) is 5.56 Å². The number of hydrogen-bond acceptors (Lipinski definition) is 2. The zero-order valence-corrected chi connectivity index (χ0v) is 7.07. The van der Waals surface area contributed by atoms with Gasteiger partial charge < -0.3 is 5.11 Å². The predicted octanol–water partition coefficient (Wildman–Crippen LogP) is 2.53. The maximum absolute atomic E-state index is 13.2. The molecule has 62 valence electrons. The molecule has 1 N–H and O–H groups in total. The average Bonchev–Trinajstić information content (AvgIpc) is 2.52. The maximum Gasteiger partial charge on any atom is 0.141 e. The van der Waals surface area contributed by atoms with E-state index in [1.54, 1.807) is 6.07 Å². The summed E-state index contributed by atoms with van der Waals surface area (Å²) in [5.74, 6) is -0.244. The van der Waals surface area contributed by atoms with Gasteiger partial charge in [0.2, 0.25) is 0 Å². The summed E-state index contributed by atoms with van der Waals surface area (Å²) >= 11 is 1.38. The van der Waals surface area contributed by atoms with Gasteiger partial charge in [-0.25, -0.2) is 4.39 Å². The number of aliphatic hydroxyl groups excluding tert-OH is 1. The molecule has 0 aliphatic heterocycles. The van der Waals surface area contributed by atoms with Crippen molar-refractivity contribution < 1.29 is 9.50 Å². The Hall–Kier alpha value is -0.930. The Balaban J connectivity index is 2.75. The van der Waals surface area contributed by atoms with Gasteiger partial charge in [0.05, 0.1) is 11.3 Å². The van der Waals surface area contributed by atoms with Crippen LogP contribution < -0.4 is 0 Å². The van der Waals surface area contributed by atoms with E-state index in [-0.39, 0.29) is 12.4 Å². The Morgan fingerprint density at radius 1 is 1.42 bits per heavy atom. The summed E-state index contributed by atoms with van der Waals surface area (Å²) < 4.78 is 13.8. The minimum atomic E-state index is -0.244. The van der Waals surface area contributed by atoms with Gasteiger partial charge in [-0.15, -0.1) is 11.3 Å². The zero-order chi connectivity index (χ0) is 8.55. The molecule has 0 bridgehead atoms. The topological polar surface area (TPSA) is 20.2 Å². The quantitative estimate of drug-likeness (QED) is 0.718. The van der Waals surface area contributed by atoms with Gasteiger partial charge in [-0.2, -0.15) is 0 Å². The highest BCUT2D eigenvalue weighted by molar-refractivity contribution is 7.17. The van der Waals surface area contributed by atoms with Crippen LogP contribution in [0.15, 0.2) is 23.6 Å². The largest absolute Gasteiger partial charge is 0.392 e. The lowest BCUT2D eigenvalue weighted by Gasteiger charge is -1.97. The second-order valence-electron chi connectivity index (χ2n) is 2.57. The summed E-state index contributed by atoms with van der Waals surface area (Å²) in [5, 5.41) is 11.5. The van der Waals surface area contributed by atoms with Gasteiger partial charge in [0.1, 0.15) is 5.82 Å². The monoisotopic (exact) mass is 182 g/mol. The number of aliphatic hydroxyl groups is 1. The van der Waals surface area contributed by atoms with Gasteiger partial charge in [-0.3, -0.25) is 0 Å². The van der Waals surface area contributed by atoms with E-state index in [0.29, 0.717) is 10.3 Å². The molecular formula is C9H7FOS. The molecule has 0 saturated heterocycles. The first-order valence-corrected chi connectivity index (χ1v) is 4.45. The van der Waals surface area contributed by atoms with Crippen molar-refractivity contribution in [3.8, 4) is 0 Å². The highest BCUT2D eigenvalue weighted by Gasteiger charge is 2.03. The molecule has 0 radical (unpaired) electrons. The molecule has 0 aliphatic carbocycles. The van der Waals surface area contributed by atoms with Crippen LogP contribution in [-0.2, 0) is 6.61 Å². The normalized spacial score (nSPS) is 10.8. The zero-order valence-electron chi connectivity index (χ0n) is 6.25. The van der Waals surface area contributed by atoms with Crippen LogP contribution in [0.5, 0.6) is 0 Å². The summed E-state index contributed by atoms with van der Waals surface area (Å²) in [6.07, 6.45) is 0. The van der Waals surface area contributed by atoms with Crippen molar-refractivity contribution in [2.75, 3.05) is 0 Å². The lowest BCUT2D eigenvalue weighted by Crippen LogP contribution is -1.84. The fraction of sp³-hybridized carbons (Fsp3) is 0.111. The van der Waals surface area contributed by atoms with Crippen molar-refractivity contribution in [3.63, 3.8) is 0 Å². The van der Waals surface area contributed by atoms with E-state index in [9.17, 15) is 4.39 Å². The van der Waals surface area contributed by atoms with E-state index in [4.69, 9.17) is 5.11 Å². The minimum Gasteiger partial charge on any atom is -0.392 e. The van der Waals surface area contributed by atoms with Crippen LogP contribution in [0, 0.1) is 5.82 Å². The Kier molecular flexibility index (Phi) is 1.83. The Morgan fingerprint density at radius 3 is 3.00 bits per heavy atom. The smallest absolute Gasteiger partial charge is 0.141 e. The molecule has 0 aliphatic rings. The van der Waals surface area contributed by atoms with Crippen LogP contribution in [-0.4, -0.2) is 5.11 Å². The molecule has 1 aromatic heterocycles. The van der Waals surface area contributed by atoms with Crippen molar-refractivity contribution in [1.82, 2.24) is 0 Å². The number of hydrogen-bond donors (Lipinski definition) is 1. The Morgan fingerprint density at radius 2 is 2.25 bits per heavy atom. The number of thiophene rings is 1. The number of benzene rings is 1. The highest BCUT2D eigenvalue weighted by Crippen LogP contribution is 2.25. The second-order valence-corrected chi connectivity index (χ2v) is 3.49. The molecule has 0 fully saturated rings. The summed E-state index contributed by atoms with van der Waals surface area (Å²) in [6, 6.07) is 5.02. The molecular weight excluding hydrogens is 175 g/mol. The van der Waals surface area contributed by atoms with E-state index in [1.165, 1.54) is 17.4 Å². The number of halogens is 1. The summed E-state index contributed by atoms with van der Waals surface area (Å²) in [7, 11) is 0. The molecule has 0 unspecified atom stereocenters. The fourth-order valence-corrected chi connectivity index (χ4v) is 1.97. The summed E-state index contributed by atoms with van der Waals surface area (Å²) in [4.78, 5) is 0. The van der Waals surface area contributed by atoms with Crippen LogP contribution in [0.2, 0.25) is 0 Å². The van der Waals surface area contributed by atoms with Gasteiger partial charge >= 0.3 is 0 Å². The molecule has 2 rings (SSSR count). The van der Waals surface area contributed by atoms with Crippen molar-refractivity contribution in [1.29, 1.82) is 0 Å². The van der Waals surface area contributed by atoms with Crippen molar-refractivity contribution >= 4 is 21.4 Å². The highest BCUT2D eigenvalue weighted by atomic mass is 32.1. The molecule has 1 heterocycles. The molecule has 2 aromatic rings. The molecule has 0 amide bonds. The van der Waals surface area contributed by atoms with Gasteiger partial charge in [-0.05, 0) is 34.5 Å². The van der Waals surface area contributed by atoms with Crippen LogP contribution in [0.4, 0.5) is 4.39 Å². The van der Waals surface area contributed by atoms with Gasteiger partial charge in [0, 0.05) is 0 Å². The second kappa shape index (κ2) is 2.84. The molecule has 0 spiro atoms. The SMILES string of the molecule is OCc1cc(F)c2sccc2c1. The van der Waals surface area contributed by atoms with Crippen molar-refractivity contribution in [2.45, 2.75) is 6.61 Å². The number of rotatable bonds is 1. The van der Waals surface area contributed by atoms with Crippen LogP contribution >= 0.6 is 11.3 Å². The first-order valence-electron chi connectivity index (χ1n) is 3.58. The third-order valence-corrected chi connectivity index (χ3v) is 2.69. The molecule has 12 heavy (non-hydrogen) atoms.